The van der Waals surface area contributed by atoms with Crippen molar-refractivity contribution in [3.63, 3.8) is 0 Å². The summed E-state index contributed by atoms with van der Waals surface area (Å²) in [5, 5.41) is 6.44. The highest BCUT2D eigenvalue weighted by molar-refractivity contribution is 6.30. The molecule has 5 rings (SSSR count). The van der Waals surface area contributed by atoms with Crippen LogP contribution >= 0.6 is 11.6 Å². The molecule has 0 fully saturated rings. The number of halogens is 1. The first-order chi connectivity index (χ1) is 16.6. The van der Waals surface area contributed by atoms with E-state index in [1.54, 1.807) is 48.7 Å². The molecule has 1 unspecified atom stereocenters. The quantitative estimate of drug-likeness (QED) is 0.492. The molecule has 0 saturated heterocycles. The third-order valence-electron chi connectivity index (χ3n) is 5.53. The van der Waals surface area contributed by atoms with Gasteiger partial charge in [-0.25, -0.2) is 5.01 Å². The number of furan rings is 1. The Morgan fingerprint density at radius 1 is 1.06 bits per heavy atom. The normalized spacial score (nSPS) is 16.8. The van der Waals surface area contributed by atoms with Crippen LogP contribution < -0.4 is 9.47 Å². The molecule has 3 aromatic rings. The van der Waals surface area contributed by atoms with E-state index in [2.05, 4.69) is 5.10 Å². The molecule has 174 valence electrons. The predicted molar refractivity (Wildman–Crippen MR) is 123 cm³/mol. The molecule has 2 aliphatic rings. The molecule has 0 radical (unpaired) electrons. The fraction of sp³-hybridized carbons (Fsp3) is 0.240. The second-order valence-corrected chi connectivity index (χ2v) is 8.28. The third-order valence-corrected chi connectivity index (χ3v) is 5.78. The molecule has 1 aromatic heterocycles. The van der Waals surface area contributed by atoms with E-state index in [1.807, 2.05) is 12.1 Å². The Hall–Kier alpha value is -3.78. The molecular formula is C25H21ClN2O6. The number of rotatable bonds is 6. The fourth-order valence-electron chi connectivity index (χ4n) is 3.88. The first-order valence-electron chi connectivity index (χ1n) is 10.8. The van der Waals surface area contributed by atoms with E-state index in [0.29, 0.717) is 53.2 Å². The van der Waals surface area contributed by atoms with Gasteiger partial charge >= 0.3 is 5.97 Å². The van der Waals surface area contributed by atoms with Crippen LogP contribution in [0.1, 0.15) is 29.3 Å². The predicted octanol–water partition coefficient (Wildman–Crippen LogP) is 4.17. The Labute approximate surface area is 200 Å². The summed E-state index contributed by atoms with van der Waals surface area (Å²) >= 11 is 5.99. The van der Waals surface area contributed by atoms with Crippen molar-refractivity contribution < 1.29 is 28.2 Å². The van der Waals surface area contributed by atoms with Crippen LogP contribution in [0.5, 0.6) is 11.5 Å². The lowest BCUT2D eigenvalue weighted by Crippen LogP contribution is -2.31. The van der Waals surface area contributed by atoms with Crippen molar-refractivity contribution in [2.75, 3.05) is 19.8 Å². The summed E-state index contributed by atoms with van der Waals surface area (Å²) < 4.78 is 21.8. The highest BCUT2D eigenvalue weighted by atomic mass is 35.5. The van der Waals surface area contributed by atoms with Crippen LogP contribution in [0, 0.1) is 0 Å². The first-order valence-corrected chi connectivity index (χ1v) is 11.2. The summed E-state index contributed by atoms with van der Waals surface area (Å²) in [5.74, 6) is 0.867. The zero-order chi connectivity index (χ0) is 23.5. The molecule has 0 spiro atoms. The number of nitrogens with zero attached hydrogens (tertiary/aromatic N) is 2. The monoisotopic (exact) mass is 480 g/mol. The number of fused-ring (bicyclic) bond motifs is 1. The van der Waals surface area contributed by atoms with E-state index in [-0.39, 0.29) is 6.42 Å². The summed E-state index contributed by atoms with van der Waals surface area (Å²) in [6.07, 6.45) is 2.02. The number of esters is 1. The van der Waals surface area contributed by atoms with Gasteiger partial charge in [-0.3, -0.25) is 9.59 Å². The Morgan fingerprint density at radius 2 is 1.85 bits per heavy atom. The number of hydrazone groups is 1. The maximum Gasteiger partial charge on any atom is 0.310 e. The lowest BCUT2D eigenvalue weighted by atomic mass is 10.0. The summed E-state index contributed by atoms with van der Waals surface area (Å²) in [6, 6.07) is 15.6. The van der Waals surface area contributed by atoms with Crippen molar-refractivity contribution in [1.29, 1.82) is 0 Å². The molecule has 8 nitrogen and oxygen atoms in total. The average Bonchev–Trinajstić information content (AvgIpc) is 3.53. The van der Waals surface area contributed by atoms with E-state index < -0.39 is 24.5 Å². The molecule has 1 atom stereocenters. The van der Waals surface area contributed by atoms with Crippen molar-refractivity contribution in [2.45, 2.75) is 18.9 Å². The van der Waals surface area contributed by atoms with Crippen molar-refractivity contribution in [3.8, 4) is 11.5 Å². The van der Waals surface area contributed by atoms with Crippen molar-refractivity contribution in [1.82, 2.24) is 5.01 Å². The largest absolute Gasteiger partial charge is 0.486 e. The zero-order valence-corrected chi connectivity index (χ0v) is 18.9. The average molecular weight is 481 g/mol. The van der Waals surface area contributed by atoms with Crippen LogP contribution in [-0.4, -0.2) is 42.4 Å². The van der Waals surface area contributed by atoms with Gasteiger partial charge < -0.3 is 18.6 Å². The molecule has 1 amide bonds. The van der Waals surface area contributed by atoms with Crippen LogP contribution in [0.3, 0.4) is 0 Å². The second kappa shape index (κ2) is 9.61. The SMILES string of the molecule is O=C(Cc1ccc2c(c1)OCCO2)OCC(=O)N1N=C(c2ccc(Cl)cc2)CC1c1ccco1. The lowest BCUT2D eigenvalue weighted by Gasteiger charge is -2.20. The molecular weight excluding hydrogens is 460 g/mol. The highest BCUT2D eigenvalue weighted by Gasteiger charge is 2.35. The van der Waals surface area contributed by atoms with Gasteiger partial charge in [0.2, 0.25) is 0 Å². The Balaban J connectivity index is 1.25. The number of amides is 1. The number of carbonyl (C=O) groups excluding carboxylic acids is 2. The van der Waals surface area contributed by atoms with E-state index in [1.165, 1.54) is 5.01 Å². The maximum absolute atomic E-state index is 13.0. The molecule has 2 aromatic carbocycles. The summed E-state index contributed by atoms with van der Waals surface area (Å²) in [7, 11) is 0. The lowest BCUT2D eigenvalue weighted by molar-refractivity contribution is -0.152. The zero-order valence-electron chi connectivity index (χ0n) is 18.1. The Kier molecular flexibility index (Phi) is 6.22. The van der Waals surface area contributed by atoms with Crippen molar-refractivity contribution >= 4 is 29.2 Å². The van der Waals surface area contributed by atoms with E-state index >= 15 is 0 Å². The number of ether oxygens (including phenoxy) is 3. The van der Waals surface area contributed by atoms with Crippen LogP contribution in [0.4, 0.5) is 0 Å². The molecule has 9 heteroatoms. The van der Waals surface area contributed by atoms with Gasteiger partial charge in [-0.05, 0) is 47.5 Å². The van der Waals surface area contributed by atoms with Gasteiger partial charge in [0.1, 0.15) is 25.0 Å². The number of carbonyl (C=O) groups is 2. The van der Waals surface area contributed by atoms with Crippen LogP contribution in [0.15, 0.2) is 70.4 Å². The van der Waals surface area contributed by atoms with Crippen LogP contribution in [-0.2, 0) is 20.7 Å². The highest BCUT2D eigenvalue weighted by Crippen LogP contribution is 2.33. The Bertz CT molecular complexity index is 1220. The van der Waals surface area contributed by atoms with Crippen LogP contribution in [0.25, 0.3) is 0 Å². The van der Waals surface area contributed by atoms with E-state index in [4.69, 9.17) is 30.2 Å². The van der Waals surface area contributed by atoms with Crippen LogP contribution in [0.2, 0.25) is 5.02 Å². The summed E-state index contributed by atoms with van der Waals surface area (Å²) in [4.78, 5) is 25.4. The minimum atomic E-state index is -0.527. The van der Waals surface area contributed by atoms with Gasteiger partial charge in [0.15, 0.2) is 18.1 Å². The number of hydrogen-bond acceptors (Lipinski definition) is 7. The van der Waals surface area contributed by atoms with Crippen molar-refractivity contribution in [3.05, 3.63) is 82.8 Å². The number of hydrogen-bond donors (Lipinski definition) is 0. The first kappa shape index (κ1) is 22.0. The Morgan fingerprint density at radius 3 is 2.62 bits per heavy atom. The molecule has 3 heterocycles. The summed E-state index contributed by atoms with van der Waals surface area (Å²) in [5.41, 5.74) is 2.28. The fourth-order valence-corrected chi connectivity index (χ4v) is 4.01. The van der Waals surface area contributed by atoms with Gasteiger partial charge in [0.25, 0.3) is 5.91 Å². The van der Waals surface area contributed by atoms with Gasteiger partial charge in [-0.2, -0.15) is 5.10 Å². The van der Waals surface area contributed by atoms with E-state index in [0.717, 1.165) is 5.56 Å². The van der Waals surface area contributed by atoms with E-state index in [9.17, 15) is 9.59 Å². The molecule has 0 N–H and O–H groups in total. The molecule has 2 aliphatic heterocycles. The molecule has 0 aliphatic carbocycles. The van der Waals surface area contributed by atoms with Gasteiger partial charge in [0.05, 0.1) is 18.4 Å². The number of benzene rings is 2. The minimum Gasteiger partial charge on any atom is -0.486 e. The molecule has 0 bridgehead atoms. The molecule has 34 heavy (non-hydrogen) atoms. The van der Waals surface area contributed by atoms with Crippen molar-refractivity contribution in [2.24, 2.45) is 5.10 Å². The standard InChI is InChI=1S/C25H21ClN2O6/c26-18-6-4-17(5-7-18)19-14-20(21-2-1-9-31-21)28(27-19)24(29)15-34-25(30)13-16-3-8-22-23(12-16)33-11-10-32-22/h1-9,12,20H,10-11,13-15H2. The minimum absolute atomic E-state index is 0.00479. The topological polar surface area (TPSA) is 90.6 Å². The summed E-state index contributed by atoms with van der Waals surface area (Å²) in [6.45, 7) is 0.521. The third kappa shape index (κ3) is 4.77. The van der Waals surface area contributed by atoms with Gasteiger partial charge in [-0.1, -0.05) is 29.8 Å². The molecule has 0 saturated carbocycles. The second-order valence-electron chi connectivity index (χ2n) is 7.84. The maximum atomic E-state index is 13.0. The smallest absolute Gasteiger partial charge is 0.310 e. The van der Waals surface area contributed by atoms with Gasteiger partial charge in [-0.15, -0.1) is 0 Å². The van der Waals surface area contributed by atoms with Gasteiger partial charge in [0, 0.05) is 11.4 Å².